The van der Waals surface area contributed by atoms with Gasteiger partial charge < -0.3 is 4.74 Å². The highest BCUT2D eigenvalue weighted by molar-refractivity contribution is 4.47. The lowest BCUT2D eigenvalue weighted by Gasteiger charge is -2.02. The van der Waals surface area contributed by atoms with E-state index >= 15 is 0 Å². The van der Waals surface area contributed by atoms with E-state index < -0.39 is 0 Å². The van der Waals surface area contributed by atoms with Crippen molar-refractivity contribution in [3.63, 3.8) is 0 Å². The summed E-state index contributed by atoms with van der Waals surface area (Å²) >= 11 is 0. The van der Waals surface area contributed by atoms with Crippen molar-refractivity contribution in [3.8, 4) is 0 Å². The smallest absolute Gasteiger partial charge is 0.0822 e. The monoisotopic (exact) mass is 229 g/mol. The molecule has 0 aliphatic carbocycles. The van der Waals surface area contributed by atoms with Gasteiger partial charge in [-0.1, -0.05) is 51.4 Å². The molecule has 0 spiro atoms. The van der Waals surface area contributed by atoms with E-state index in [4.69, 9.17) is 4.74 Å². The van der Waals surface area contributed by atoms with Crippen molar-refractivity contribution in [1.29, 1.82) is 0 Å². The lowest BCUT2D eigenvalue weighted by molar-refractivity contribution is 0.143. The molecular weight excluding hydrogens is 200 g/mol. The minimum absolute atomic E-state index is 0.111. The molecule has 16 heavy (non-hydrogen) atoms. The van der Waals surface area contributed by atoms with Crippen molar-refractivity contribution in [2.45, 2.75) is 71.1 Å². The standard InChI is InChI=1S/C14H29O2/c1-2-16-14-12-10-8-6-4-3-5-7-9-11-13-15/h2-14H2,1H3. The molecule has 0 saturated heterocycles. The highest BCUT2D eigenvalue weighted by Gasteiger charge is 1.93. The fraction of sp³-hybridized carbons (Fsp3) is 1.00. The first-order valence-corrected chi connectivity index (χ1v) is 7.07. The Bertz CT molecular complexity index is 101. The zero-order valence-electron chi connectivity index (χ0n) is 11.0. The molecular formula is C14H29O2. The third kappa shape index (κ3) is 13.9. The second kappa shape index (κ2) is 14.9. The summed E-state index contributed by atoms with van der Waals surface area (Å²) in [6.07, 6.45) is 12.6. The van der Waals surface area contributed by atoms with E-state index in [1.165, 1.54) is 51.4 Å². The minimum atomic E-state index is 0.111. The Labute approximate surface area is 101 Å². The van der Waals surface area contributed by atoms with Gasteiger partial charge in [0.15, 0.2) is 0 Å². The Hall–Kier alpha value is -0.0800. The summed E-state index contributed by atoms with van der Waals surface area (Å²) in [5.41, 5.74) is 0. The maximum absolute atomic E-state index is 10.2. The van der Waals surface area contributed by atoms with Crippen molar-refractivity contribution in [1.82, 2.24) is 0 Å². The third-order valence-corrected chi connectivity index (χ3v) is 2.89. The molecule has 0 bridgehead atoms. The van der Waals surface area contributed by atoms with Crippen LogP contribution in [0, 0.1) is 0 Å². The van der Waals surface area contributed by atoms with Crippen molar-refractivity contribution in [2.24, 2.45) is 0 Å². The van der Waals surface area contributed by atoms with Crippen LogP contribution >= 0.6 is 0 Å². The van der Waals surface area contributed by atoms with E-state index in [0.717, 1.165) is 26.1 Å². The summed E-state index contributed by atoms with van der Waals surface area (Å²) < 4.78 is 5.29. The van der Waals surface area contributed by atoms with E-state index in [0.29, 0.717) is 0 Å². The molecule has 0 rings (SSSR count). The number of hydrogen-bond donors (Lipinski definition) is 0. The average Bonchev–Trinajstić information content (AvgIpc) is 2.31. The first-order valence-electron chi connectivity index (χ1n) is 7.07. The molecule has 0 aromatic heterocycles. The van der Waals surface area contributed by atoms with Crippen molar-refractivity contribution in [3.05, 3.63) is 0 Å². The van der Waals surface area contributed by atoms with E-state index in [1.54, 1.807) is 0 Å². The van der Waals surface area contributed by atoms with Crippen molar-refractivity contribution >= 4 is 0 Å². The first-order chi connectivity index (χ1) is 7.91. The minimum Gasteiger partial charge on any atom is -0.382 e. The van der Waals surface area contributed by atoms with Gasteiger partial charge in [-0.25, -0.2) is 5.11 Å². The normalized spacial score (nSPS) is 10.9. The molecule has 1 radical (unpaired) electrons. The van der Waals surface area contributed by atoms with E-state index in [9.17, 15) is 5.11 Å². The van der Waals surface area contributed by atoms with Crippen LogP contribution in [0.2, 0.25) is 0 Å². The van der Waals surface area contributed by atoms with Crippen molar-refractivity contribution < 1.29 is 9.84 Å². The molecule has 0 fully saturated rings. The van der Waals surface area contributed by atoms with Crippen LogP contribution in [0.15, 0.2) is 0 Å². The quantitative estimate of drug-likeness (QED) is 0.432. The maximum atomic E-state index is 10.2. The Morgan fingerprint density at radius 3 is 1.56 bits per heavy atom. The van der Waals surface area contributed by atoms with Crippen LogP contribution in [-0.4, -0.2) is 19.8 Å². The van der Waals surface area contributed by atoms with Gasteiger partial charge >= 0.3 is 0 Å². The van der Waals surface area contributed by atoms with Gasteiger partial charge in [0.05, 0.1) is 6.61 Å². The van der Waals surface area contributed by atoms with Gasteiger partial charge in [0.1, 0.15) is 0 Å². The van der Waals surface area contributed by atoms with E-state index in [2.05, 4.69) is 0 Å². The molecule has 0 amide bonds. The average molecular weight is 229 g/mol. The highest BCUT2D eigenvalue weighted by atomic mass is 16.5. The highest BCUT2D eigenvalue weighted by Crippen LogP contribution is 2.10. The van der Waals surface area contributed by atoms with Gasteiger partial charge in [-0.15, -0.1) is 0 Å². The lowest BCUT2D eigenvalue weighted by atomic mass is 10.1. The molecule has 2 nitrogen and oxygen atoms in total. The summed E-state index contributed by atoms with van der Waals surface area (Å²) in [5, 5.41) is 10.2. The molecule has 0 aliphatic heterocycles. The first kappa shape index (κ1) is 15.9. The molecule has 0 N–H and O–H groups in total. The van der Waals surface area contributed by atoms with Crippen LogP contribution in [0.1, 0.15) is 71.1 Å². The third-order valence-electron chi connectivity index (χ3n) is 2.89. The van der Waals surface area contributed by atoms with Gasteiger partial charge in [0, 0.05) is 13.2 Å². The summed E-state index contributed by atoms with van der Waals surface area (Å²) in [6, 6.07) is 0. The molecule has 0 aromatic rings. The number of ether oxygens (including phenoxy) is 1. The van der Waals surface area contributed by atoms with Gasteiger partial charge in [-0.3, -0.25) is 0 Å². The summed E-state index contributed by atoms with van der Waals surface area (Å²) in [7, 11) is 0. The fourth-order valence-electron chi connectivity index (χ4n) is 1.86. The Balaban J connectivity index is 2.83. The Kier molecular flexibility index (Phi) is 14.8. The number of rotatable bonds is 13. The topological polar surface area (TPSA) is 29.1 Å². The maximum Gasteiger partial charge on any atom is 0.0822 e. The molecule has 2 heteroatoms. The second-order valence-corrected chi connectivity index (χ2v) is 4.44. The lowest BCUT2D eigenvalue weighted by Crippen LogP contribution is -1.92. The largest absolute Gasteiger partial charge is 0.382 e. The summed E-state index contributed by atoms with van der Waals surface area (Å²) in [4.78, 5) is 0. The van der Waals surface area contributed by atoms with E-state index in [1.807, 2.05) is 6.92 Å². The van der Waals surface area contributed by atoms with Crippen molar-refractivity contribution in [2.75, 3.05) is 19.8 Å². The Morgan fingerprint density at radius 2 is 1.12 bits per heavy atom. The van der Waals surface area contributed by atoms with Crippen LogP contribution in [0.25, 0.3) is 0 Å². The predicted molar refractivity (Wildman–Crippen MR) is 68.2 cm³/mol. The molecule has 0 aliphatic rings. The Morgan fingerprint density at radius 1 is 0.688 bits per heavy atom. The van der Waals surface area contributed by atoms with Crippen LogP contribution < -0.4 is 0 Å². The van der Waals surface area contributed by atoms with Gasteiger partial charge in [-0.2, -0.15) is 0 Å². The summed E-state index contributed by atoms with van der Waals surface area (Å²) in [6.45, 7) is 3.95. The second-order valence-electron chi connectivity index (χ2n) is 4.44. The fourth-order valence-corrected chi connectivity index (χ4v) is 1.86. The van der Waals surface area contributed by atoms with Gasteiger partial charge in [0.2, 0.25) is 0 Å². The number of hydrogen-bond acceptors (Lipinski definition) is 1. The predicted octanol–water partition coefficient (Wildman–Crippen LogP) is 4.35. The SMILES string of the molecule is CCOCCCCCCCCCCCC[O]. The molecule has 0 heterocycles. The zero-order chi connectivity index (χ0) is 11.9. The zero-order valence-corrected chi connectivity index (χ0v) is 11.0. The molecule has 0 atom stereocenters. The van der Waals surface area contributed by atoms with Crippen LogP contribution in [0.4, 0.5) is 0 Å². The van der Waals surface area contributed by atoms with Crippen LogP contribution in [-0.2, 0) is 9.84 Å². The molecule has 0 unspecified atom stereocenters. The summed E-state index contributed by atoms with van der Waals surface area (Å²) in [5.74, 6) is 0. The molecule has 0 aromatic carbocycles. The van der Waals surface area contributed by atoms with Gasteiger partial charge in [-0.05, 0) is 19.8 Å². The molecule has 97 valence electrons. The van der Waals surface area contributed by atoms with Crippen LogP contribution in [0.3, 0.4) is 0 Å². The van der Waals surface area contributed by atoms with Crippen LogP contribution in [0.5, 0.6) is 0 Å². The molecule has 0 saturated carbocycles. The van der Waals surface area contributed by atoms with E-state index in [-0.39, 0.29) is 6.61 Å². The van der Waals surface area contributed by atoms with Gasteiger partial charge in [0.25, 0.3) is 0 Å². The number of unbranched alkanes of at least 4 members (excludes halogenated alkanes) is 9.